The van der Waals surface area contributed by atoms with Gasteiger partial charge in [-0.15, -0.1) is 0 Å². The number of carbonyl (C=O) groups excluding carboxylic acids is 2. The molecule has 216 valence electrons. The standard InChI is InChI=1S/C31H31BrCl2N2O4S/c1-19(2)16-28(20(3)37)35-31(38)27-14-15-29(21-6-4-8-24(33)17-21)36(30(27)22-7-5-9-25(34)18-22)41(39,40)26-12-10-23(32)11-13-26/h4-14,17-19,28-30H,15-16H2,1-3H3,(H,35,38)/t28-,29-,30-/m0/s1. The van der Waals surface area contributed by atoms with E-state index in [4.69, 9.17) is 23.2 Å². The van der Waals surface area contributed by atoms with Crippen LogP contribution in [0.15, 0.2) is 93.8 Å². The highest BCUT2D eigenvalue weighted by molar-refractivity contribution is 9.10. The number of nitrogens with zero attached hydrogens (tertiary/aromatic N) is 1. The highest BCUT2D eigenvalue weighted by Crippen LogP contribution is 2.46. The molecule has 3 atom stereocenters. The Morgan fingerprint density at radius 3 is 2.12 bits per heavy atom. The Morgan fingerprint density at radius 2 is 1.56 bits per heavy atom. The van der Waals surface area contributed by atoms with Crippen molar-refractivity contribution in [3.63, 3.8) is 0 Å². The van der Waals surface area contributed by atoms with Crippen molar-refractivity contribution >= 4 is 60.8 Å². The molecular formula is C31H31BrCl2N2O4S. The van der Waals surface area contributed by atoms with Gasteiger partial charge < -0.3 is 5.32 Å². The van der Waals surface area contributed by atoms with Crippen molar-refractivity contribution in [1.82, 2.24) is 9.62 Å². The van der Waals surface area contributed by atoms with Crippen LogP contribution in [-0.4, -0.2) is 30.5 Å². The van der Waals surface area contributed by atoms with Crippen molar-refractivity contribution in [2.75, 3.05) is 0 Å². The van der Waals surface area contributed by atoms with Gasteiger partial charge in [0.05, 0.1) is 23.0 Å². The molecule has 0 saturated heterocycles. The molecule has 1 heterocycles. The average molecular weight is 678 g/mol. The highest BCUT2D eigenvalue weighted by Gasteiger charge is 2.45. The molecule has 0 fully saturated rings. The molecule has 41 heavy (non-hydrogen) atoms. The van der Waals surface area contributed by atoms with Crippen LogP contribution in [0.25, 0.3) is 0 Å². The van der Waals surface area contributed by atoms with E-state index in [9.17, 15) is 18.0 Å². The summed E-state index contributed by atoms with van der Waals surface area (Å²) in [5.41, 5.74) is 1.43. The van der Waals surface area contributed by atoms with Gasteiger partial charge in [0, 0.05) is 20.1 Å². The van der Waals surface area contributed by atoms with Gasteiger partial charge in [0.1, 0.15) is 0 Å². The Kier molecular flexibility index (Phi) is 10.1. The Balaban J connectivity index is 1.93. The predicted molar refractivity (Wildman–Crippen MR) is 166 cm³/mol. The maximum absolute atomic E-state index is 14.5. The summed E-state index contributed by atoms with van der Waals surface area (Å²) in [7, 11) is -4.19. The van der Waals surface area contributed by atoms with E-state index in [-0.39, 0.29) is 28.6 Å². The quantitative estimate of drug-likeness (QED) is 0.252. The summed E-state index contributed by atoms with van der Waals surface area (Å²) in [5.74, 6) is -0.509. The summed E-state index contributed by atoms with van der Waals surface area (Å²) in [6, 6.07) is 17.8. The number of ketones is 1. The topological polar surface area (TPSA) is 83.6 Å². The molecule has 3 aromatic carbocycles. The maximum Gasteiger partial charge on any atom is 0.249 e. The van der Waals surface area contributed by atoms with Crippen LogP contribution in [0.3, 0.4) is 0 Å². The van der Waals surface area contributed by atoms with Crippen LogP contribution >= 0.6 is 39.1 Å². The smallest absolute Gasteiger partial charge is 0.249 e. The van der Waals surface area contributed by atoms with Gasteiger partial charge in [-0.25, -0.2) is 8.42 Å². The molecule has 1 N–H and O–H groups in total. The molecule has 0 aromatic heterocycles. The first kappa shape index (κ1) is 31.4. The first-order chi connectivity index (χ1) is 19.4. The summed E-state index contributed by atoms with van der Waals surface area (Å²) >= 11 is 16.1. The van der Waals surface area contributed by atoms with Gasteiger partial charge in [-0.3, -0.25) is 9.59 Å². The molecule has 10 heteroatoms. The number of halogens is 3. The number of rotatable bonds is 9. The van der Waals surface area contributed by atoms with Crippen LogP contribution < -0.4 is 5.32 Å². The molecule has 1 aliphatic heterocycles. The number of carbonyl (C=O) groups is 2. The minimum absolute atomic E-state index is 0.0721. The van der Waals surface area contributed by atoms with E-state index < -0.39 is 34.1 Å². The third-order valence-corrected chi connectivity index (χ3v) is 9.86. The largest absolute Gasteiger partial charge is 0.342 e. The summed E-state index contributed by atoms with van der Waals surface area (Å²) in [6.45, 7) is 5.38. The Bertz CT molecular complexity index is 1570. The van der Waals surface area contributed by atoms with Crippen LogP contribution in [0, 0.1) is 5.92 Å². The van der Waals surface area contributed by atoms with Crippen molar-refractivity contribution in [3.8, 4) is 0 Å². The molecule has 0 radical (unpaired) electrons. The molecular weight excluding hydrogens is 647 g/mol. The number of amides is 1. The first-order valence-corrected chi connectivity index (χ1v) is 16.2. The lowest BCUT2D eigenvalue weighted by atomic mass is 9.88. The van der Waals surface area contributed by atoms with Crippen LogP contribution in [0.2, 0.25) is 10.0 Å². The van der Waals surface area contributed by atoms with E-state index in [2.05, 4.69) is 21.2 Å². The number of benzene rings is 3. The SMILES string of the molecule is CC(=O)[C@H](CC(C)C)NC(=O)C1=CC[C@@H](c2cccc(Cl)c2)N(S(=O)(=O)c2ccc(Br)cc2)[C@H]1c1cccc(Cl)c1. The Labute approximate surface area is 259 Å². The molecule has 0 spiro atoms. The zero-order valence-electron chi connectivity index (χ0n) is 22.9. The lowest BCUT2D eigenvalue weighted by Crippen LogP contribution is -2.47. The third-order valence-electron chi connectivity index (χ3n) is 6.97. The van der Waals surface area contributed by atoms with Gasteiger partial charge >= 0.3 is 0 Å². The predicted octanol–water partition coefficient (Wildman–Crippen LogP) is 7.68. The van der Waals surface area contributed by atoms with E-state index in [0.29, 0.717) is 27.6 Å². The number of hydrogen-bond acceptors (Lipinski definition) is 4. The van der Waals surface area contributed by atoms with Crippen LogP contribution in [-0.2, 0) is 19.6 Å². The average Bonchev–Trinajstić information content (AvgIpc) is 2.91. The first-order valence-electron chi connectivity index (χ1n) is 13.2. The maximum atomic E-state index is 14.5. The Hall–Kier alpha value is -2.49. The van der Waals surface area contributed by atoms with Crippen LogP contribution in [0.4, 0.5) is 0 Å². The van der Waals surface area contributed by atoms with Crippen LogP contribution in [0.5, 0.6) is 0 Å². The second-order valence-electron chi connectivity index (χ2n) is 10.5. The fourth-order valence-corrected chi connectivity index (χ4v) is 7.50. The number of Topliss-reactive ketones (excluding diaryl/α,β-unsaturated/α-hetero) is 1. The zero-order valence-corrected chi connectivity index (χ0v) is 26.8. The molecule has 6 nitrogen and oxygen atoms in total. The fourth-order valence-electron chi connectivity index (χ4n) is 5.06. The van der Waals surface area contributed by atoms with Gasteiger partial charge in [-0.1, -0.05) is 83.3 Å². The van der Waals surface area contributed by atoms with Gasteiger partial charge in [-0.2, -0.15) is 4.31 Å². The molecule has 0 bridgehead atoms. The number of hydrogen-bond donors (Lipinski definition) is 1. The van der Waals surface area contributed by atoms with Gasteiger partial charge in [0.15, 0.2) is 5.78 Å². The van der Waals surface area contributed by atoms with E-state index in [1.165, 1.54) is 23.4 Å². The molecule has 4 rings (SSSR count). The normalized spacial score (nSPS) is 18.6. The fraction of sp³-hybridized carbons (Fsp3) is 0.290. The minimum Gasteiger partial charge on any atom is -0.342 e. The molecule has 0 aliphatic carbocycles. The molecule has 1 aliphatic rings. The second-order valence-corrected chi connectivity index (χ2v) is 14.1. The van der Waals surface area contributed by atoms with Gasteiger partial charge in [0.25, 0.3) is 0 Å². The van der Waals surface area contributed by atoms with Crippen molar-refractivity contribution in [2.45, 2.75) is 56.6 Å². The van der Waals surface area contributed by atoms with E-state index in [1.807, 2.05) is 19.9 Å². The van der Waals surface area contributed by atoms with Crippen LogP contribution in [0.1, 0.15) is 56.8 Å². The van der Waals surface area contributed by atoms with E-state index >= 15 is 0 Å². The Morgan fingerprint density at radius 1 is 0.976 bits per heavy atom. The molecule has 0 saturated carbocycles. The number of nitrogens with one attached hydrogen (secondary N) is 1. The van der Waals surface area contributed by atoms with Gasteiger partial charge in [-0.05, 0) is 85.3 Å². The monoisotopic (exact) mass is 676 g/mol. The lowest BCUT2D eigenvalue weighted by molar-refractivity contribution is -0.125. The van der Waals surface area contributed by atoms with Crippen molar-refractivity contribution < 1.29 is 18.0 Å². The molecule has 1 amide bonds. The lowest BCUT2D eigenvalue weighted by Gasteiger charge is -2.41. The minimum atomic E-state index is -4.19. The highest BCUT2D eigenvalue weighted by atomic mass is 79.9. The van der Waals surface area contributed by atoms with Gasteiger partial charge in [0.2, 0.25) is 15.9 Å². The van der Waals surface area contributed by atoms with E-state index in [1.54, 1.807) is 60.7 Å². The summed E-state index contributed by atoms with van der Waals surface area (Å²) < 4.78 is 31.1. The second kappa shape index (κ2) is 13.2. The summed E-state index contributed by atoms with van der Waals surface area (Å²) in [6.07, 6.45) is 2.43. The summed E-state index contributed by atoms with van der Waals surface area (Å²) in [5, 5.41) is 3.74. The van der Waals surface area contributed by atoms with Crippen molar-refractivity contribution in [3.05, 3.63) is 110 Å². The van der Waals surface area contributed by atoms with Crippen molar-refractivity contribution in [2.24, 2.45) is 5.92 Å². The number of sulfonamides is 1. The zero-order chi connectivity index (χ0) is 29.9. The summed E-state index contributed by atoms with van der Waals surface area (Å²) in [4.78, 5) is 26.4. The molecule has 3 aromatic rings. The van der Waals surface area contributed by atoms with Crippen molar-refractivity contribution in [1.29, 1.82) is 0 Å². The third kappa shape index (κ3) is 7.30. The van der Waals surface area contributed by atoms with E-state index in [0.717, 1.165) is 4.47 Å². The molecule has 0 unspecified atom stereocenters.